The van der Waals surface area contributed by atoms with Crippen LogP contribution in [0.3, 0.4) is 0 Å². The number of quaternary nitrogens is 1. The smallest absolute Gasteiger partial charge is 0.0950 e. The molecular formula is C14H26N+. The van der Waals surface area contributed by atoms with Crippen LogP contribution in [0.5, 0.6) is 0 Å². The van der Waals surface area contributed by atoms with Crippen LogP contribution in [-0.4, -0.2) is 30.7 Å². The zero-order valence-corrected chi connectivity index (χ0v) is 10.8. The Morgan fingerprint density at radius 3 is 1.67 bits per heavy atom. The van der Waals surface area contributed by atoms with Gasteiger partial charge in [0.05, 0.1) is 26.2 Å². The van der Waals surface area contributed by atoms with E-state index in [0.29, 0.717) is 10.8 Å². The minimum atomic E-state index is 0.650. The van der Waals surface area contributed by atoms with Crippen molar-refractivity contribution in [2.45, 2.75) is 64.5 Å². The predicted molar refractivity (Wildman–Crippen MR) is 63.6 cm³/mol. The highest BCUT2D eigenvalue weighted by Gasteiger charge is 2.71. The molecule has 2 saturated carbocycles. The average molecular weight is 208 g/mol. The number of rotatable bonds is 0. The molecule has 1 heterocycles. The summed E-state index contributed by atoms with van der Waals surface area (Å²) in [6.45, 7) is 5.21. The molecule has 4 atom stereocenters. The highest BCUT2D eigenvalue weighted by molar-refractivity contribution is 5.12. The SMILES string of the molecule is CC12CCCC1[N+](C)(C)C1CCCC12C. The van der Waals surface area contributed by atoms with Gasteiger partial charge in [0.1, 0.15) is 0 Å². The summed E-state index contributed by atoms with van der Waals surface area (Å²) < 4.78 is 1.33. The van der Waals surface area contributed by atoms with E-state index in [2.05, 4.69) is 27.9 Å². The van der Waals surface area contributed by atoms with Gasteiger partial charge in [-0.15, -0.1) is 0 Å². The molecule has 1 heteroatoms. The van der Waals surface area contributed by atoms with Gasteiger partial charge < -0.3 is 4.48 Å². The molecule has 1 nitrogen and oxygen atoms in total. The number of likely N-dealkylation sites (tertiary alicyclic amines) is 1. The Bertz CT molecular complexity index is 268. The second-order valence-electron chi connectivity index (χ2n) is 7.28. The maximum absolute atomic E-state index is 2.61. The minimum absolute atomic E-state index is 0.650. The molecule has 0 N–H and O–H groups in total. The maximum Gasteiger partial charge on any atom is 0.0950 e. The van der Waals surface area contributed by atoms with E-state index in [-0.39, 0.29) is 0 Å². The average Bonchev–Trinajstić information content (AvgIpc) is 2.73. The number of hydrogen-bond donors (Lipinski definition) is 0. The molecule has 0 aromatic rings. The van der Waals surface area contributed by atoms with E-state index in [4.69, 9.17) is 0 Å². The van der Waals surface area contributed by atoms with E-state index in [1.165, 1.54) is 43.0 Å². The fraction of sp³-hybridized carbons (Fsp3) is 1.00. The van der Waals surface area contributed by atoms with E-state index >= 15 is 0 Å². The van der Waals surface area contributed by atoms with Gasteiger partial charge in [0.15, 0.2) is 0 Å². The van der Waals surface area contributed by atoms with Crippen molar-refractivity contribution in [2.24, 2.45) is 10.8 Å². The van der Waals surface area contributed by atoms with Gasteiger partial charge in [-0.25, -0.2) is 0 Å². The number of hydrogen-bond acceptors (Lipinski definition) is 0. The number of fused-ring (bicyclic) bond motifs is 3. The molecule has 86 valence electrons. The zero-order valence-electron chi connectivity index (χ0n) is 10.8. The molecule has 3 fully saturated rings. The molecule has 3 rings (SSSR count). The van der Waals surface area contributed by atoms with Crippen molar-refractivity contribution in [2.75, 3.05) is 14.1 Å². The summed E-state index contributed by atoms with van der Waals surface area (Å²) in [6, 6.07) is 1.90. The Labute approximate surface area is 94.4 Å². The van der Waals surface area contributed by atoms with Gasteiger partial charge in [0.2, 0.25) is 0 Å². The van der Waals surface area contributed by atoms with Crippen LogP contribution in [0.15, 0.2) is 0 Å². The fourth-order valence-corrected chi connectivity index (χ4v) is 5.98. The molecule has 1 aliphatic heterocycles. The summed E-state index contributed by atoms with van der Waals surface area (Å²) in [5.41, 5.74) is 1.30. The molecule has 15 heavy (non-hydrogen) atoms. The van der Waals surface area contributed by atoms with E-state index in [1.54, 1.807) is 0 Å². The highest BCUT2D eigenvalue weighted by atomic mass is 15.4. The lowest BCUT2D eigenvalue weighted by Gasteiger charge is -2.38. The predicted octanol–water partition coefficient (Wildman–Crippen LogP) is 3.19. The van der Waals surface area contributed by atoms with Crippen LogP contribution >= 0.6 is 0 Å². The zero-order chi connectivity index (χ0) is 10.9. The van der Waals surface area contributed by atoms with Gasteiger partial charge in [0.25, 0.3) is 0 Å². The highest BCUT2D eigenvalue weighted by Crippen LogP contribution is 2.68. The second-order valence-corrected chi connectivity index (χ2v) is 7.28. The molecular weight excluding hydrogens is 182 g/mol. The van der Waals surface area contributed by atoms with Gasteiger partial charge in [-0.05, 0) is 25.7 Å². The molecule has 0 amide bonds. The Balaban J connectivity index is 2.13. The van der Waals surface area contributed by atoms with Crippen molar-refractivity contribution in [3.8, 4) is 0 Å². The van der Waals surface area contributed by atoms with Crippen LogP contribution in [0.25, 0.3) is 0 Å². The monoisotopic (exact) mass is 208 g/mol. The summed E-state index contributed by atoms with van der Waals surface area (Å²) in [6.07, 6.45) is 8.90. The fourth-order valence-electron chi connectivity index (χ4n) is 5.98. The van der Waals surface area contributed by atoms with Crippen molar-refractivity contribution in [3.63, 3.8) is 0 Å². The summed E-state index contributed by atoms with van der Waals surface area (Å²) in [5, 5.41) is 0. The van der Waals surface area contributed by atoms with Crippen molar-refractivity contribution < 1.29 is 4.48 Å². The molecule has 3 aliphatic rings. The van der Waals surface area contributed by atoms with Gasteiger partial charge in [-0.2, -0.15) is 0 Å². The molecule has 0 radical (unpaired) electrons. The van der Waals surface area contributed by atoms with Crippen LogP contribution in [0.1, 0.15) is 52.4 Å². The third-order valence-electron chi connectivity index (χ3n) is 6.73. The van der Waals surface area contributed by atoms with Crippen LogP contribution in [-0.2, 0) is 0 Å². The van der Waals surface area contributed by atoms with Gasteiger partial charge in [-0.3, -0.25) is 0 Å². The van der Waals surface area contributed by atoms with Gasteiger partial charge in [-0.1, -0.05) is 13.8 Å². The van der Waals surface area contributed by atoms with Crippen molar-refractivity contribution in [3.05, 3.63) is 0 Å². The number of nitrogens with zero attached hydrogens (tertiary/aromatic N) is 1. The summed E-state index contributed by atoms with van der Waals surface area (Å²) in [4.78, 5) is 0. The Hall–Kier alpha value is -0.0400. The molecule has 0 aromatic carbocycles. The largest absolute Gasteiger partial charge is 0.323 e. The standard InChI is InChI=1S/C14H26N/c1-13-9-5-7-11(13)15(3,4)12-8-6-10-14(12,13)2/h11-12H,5-10H2,1-4H3/q+1. The van der Waals surface area contributed by atoms with E-state index < -0.39 is 0 Å². The van der Waals surface area contributed by atoms with E-state index in [9.17, 15) is 0 Å². The van der Waals surface area contributed by atoms with Crippen LogP contribution < -0.4 is 0 Å². The Morgan fingerprint density at radius 2 is 1.27 bits per heavy atom. The summed E-state index contributed by atoms with van der Waals surface area (Å²) in [5.74, 6) is 0. The lowest BCUT2D eigenvalue weighted by Crippen LogP contribution is -2.51. The molecule has 0 spiro atoms. The van der Waals surface area contributed by atoms with Gasteiger partial charge in [0, 0.05) is 23.7 Å². The lowest BCUT2D eigenvalue weighted by atomic mass is 9.63. The summed E-state index contributed by atoms with van der Waals surface area (Å²) >= 11 is 0. The summed E-state index contributed by atoms with van der Waals surface area (Å²) in [7, 11) is 5.02. The molecule has 4 unspecified atom stereocenters. The Morgan fingerprint density at radius 1 is 0.867 bits per heavy atom. The quantitative estimate of drug-likeness (QED) is 0.536. The minimum Gasteiger partial charge on any atom is -0.323 e. The first-order chi connectivity index (χ1) is 6.93. The van der Waals surface area contributed by atoms with Gasteiger partial charge >= 0.3 is 0 Å². The third-order valence-corrected chi connectivity index (χ3v) is 6.73. The molecule has 0 bridgehead atoms. The maximum atomic E-state index is 2.61. The molecule has 2 aliphatic carbocycles. The first-order valence-electron chi connectivity index (χ1n) is 6.76. The van der Waals surface area contributed by atoms with Crippen LogP contribution in [0.4, 0.5) is 0 Å². The Kier molecular flexibility index (Phi) is 1.77. The van der Waals surface area contributed by atoms with Crippen LogP contribution in [0.2, 0.25) is 0 Å². The first-order valence-corrected chi connectivity index (χ1v) is 6.76. The van der Waals surface area contributed by atoms with Crippen molar-refractivity contribution in [1.29, 1.82) is 0 Å². The van der Waals surface area contributed by atoms with E-state index in [1.807, 2.05) is 0 Å². The molecule has 0 aromatic heterocycles. The topological polar surface area (TPSA) is 0 Å². The van der Waals surface area contributed by atoms with Crippen molar-refractivity contribution in [1.82, 2.24) is 0 Å². The first kappa shape index (κ1) is 10.1. The normalized spacial score (nSPS) is 56.8. The molecule has 1 saturated heterocycles. The van der Waals surface area contributed by atoms with Crippen molar-refractivity contribution >= 4 is 0 Å². The third kappa shape index (κ3) is 0.906. The van der Waals surface area contributed by atoms with Crippen LogP contribution in [0, 0.1) is 10.8 Å². The second kappa shape index (κ2) is 2.61. The lowest BCUT2D eigenvalue weighted by molar-refractivity contribution is -0.929. The van der Waals surface area contributed by atoms with E-state index in [0.717, 1.165) is 12.1 Å².